The lowest BCUT2D eigenvalue weighted by molar-refractivity contribution is 0.312. The van der Waals surface area contributed by atoms with Crippen molar-refractivity contribution in [3.63, 3.8) is 0 Å². The first-order valence-electron chi connectivity index (χ1n) is 6.42. The van der Waals surface area contributed by atoms with Gasteiger partial charge in [-0.15, -0.1) is 0 Å². The summed E-state index contributed by atoms with van der Waals surface area (Å²) in [6, 6.07) is 0.287. The van der Waals surface area contributed by atoms with Crippen LogP contribution in [0.1, 0.15) is 19.7 Å². The molecule has 2 N–H and O–H groups in total. The molecule has 9 heteroatoms. The lowest BCUT2D eigenvalue weighted by Gasteiger charge is -2.08. The maximum atomic E-state index is 5.31. The van der Waals surface area contributed by atoms with Gasteiger partial charge >= 0.3 is 6.01 Å². The average molecular weight is 278 g/mol. The van der Waals surface area contributed by atoms with Crippen molar-refractivity contribution in [2.45, 2.75) is 20.4 Å². The number of nitrogens with one attached hydrogen (secondary N) is 2. The third-order valence-electron chi connectivity index (χ3n) is 2.27. The van der Waals surface area contributed by atoms with Crippen molar-refractivity contribution < 1.29 is 4.74 Å². The van der Waals surface area contributed by atoms with Crippen LogP contribution in [0.25, 0.3) is 0 Å². The third-order valence-corrected chi connectivity index (χ3v) is 2.27. The number of anilines is 2. The van der Waals surface area contributed by atoms with E-state index in [-0.39, 0.29) is 6.01 Å². The van der Waals surface area contributed by atoms with E-state index in [0.717, 1.165) is 6.54 Å². The van der Waals surface area contributed by atoms with Crippen molar-refractivity contribution >= 4 is 11.9 Å². The third kappa shape index (κ3) is 3.77. The molecule has 0 aliphatic heterocycles. The molecule has 2 rings (SSSR count). The second kappa shape index (κ2) is 6.64. The van der Waals surface area contributed by atoms with Crippen LogP contribution in [0.3, 0.4) is 0 Å². The van der Waals surface area contributed by atoms with Gasteiger partial charge in [-0.1, -0.05) is 0 Å². The van der Waals surface area contributed by atoms with E-state index < -0.39 is 0 Å². The van der Waals surface area contributed by atoms with Crippen LogP contribution in [0.5, 0.6) is 6.01 Å². The van der Waals surface area contributed by atoms with Crippen LogP contribution >= 0.6 is 0 Å². The summed E-state index contributed by atoms with van der Waals surface area (Å²) in [7, 11) is 1.82. The van der Waals surface area contributed by atoms with E-state index in [1.165, 1.54) is 0 Å². The number of aryl methyl sites for hydroxylation is 1. The van der Waals surface area contributed by atoms with Crippen molar-refractivity contribution in [3.8, 4) is 6.01 Å². The highest BCUT2D eigenvalue weighted by Gasteiger charge is 2.07. The highest BCUT2D eigenvalue weighted by Crippen LogP contribution is 2.11. The minimum atomic E-state index is 0.287. The van der Waals surface area contributed by atoms with Gasteiger partial charge in [0.05, 0.1) is 13.2 Å². The van der Waals surface area contributed by atoms with Gasteiger partial charge in [-0.3, -0.25) is 4.68 Å². The molecule has 2 aromatic heterocycles. The number of aromatic nitrogens is 6. The molecule has 0 aliphatic carbocycles. The van der Waals surface area contributed by atoms with Crippen LogP contribution in [0.2, 0.25) is 0 Å². The normalized spacial score (nSPS) is 10.3. The Labute approximate surface area is 116 Å². The molecule has 0 aliphatic rings. The van der Waals surface area contributed by atoms with E-state index in [1.54, 1.807) is 11.0 Å². The summed E-state index contributed by atoms with van der Waals surface area (Å²) < 4.78 is 6.95. The number of hydrogen-bond donors (Lipinski definition) is 2. The maximum absolute atomic E-state index is 5.31. The Balaban J connectivity index is 2.08. The topological polar surface area (TPSA) is 103 Å². The van der Waals surface area contributed by atoms with E-state index >= 15 is 0 Å². The predicted molar refractivity (Wildman–Crippen MR) is 73.5 cm³/mol. The van der Waals surface area contributed by atoms with Gasteiger partial charge in [0.25, 0.3) is 0 Å². The SMILES string of the molecule is CCNc1nc(NCc2ncn(C)n2)nc(OCC)n1. The van der Waals surface area contributed by atoms with Gasteiger partial charge < -0.3 is 15.4 Å². The minimum absolute atomic E-state index is 0.287. The monoisotopic (exact) mass is 278 g/mol. The molecule has 2 heterocycles. The first-order valence-corrected chi connectivity index (χ1v) is 6.42. The molecule has 0 aromatic carbocycles. The molecule has 0 amide bonds. The van der Waals surface area contributed by atoms with Crippen molar-refractivity contribution in [2.24, 2.45) is 7.05 Å². The maximum Gasteiger partial charge on any atom is 0.323 e. The zero-order chi connectivity index (χ0) is 14.4. The van der Waals surface area contributed by atoms with Crippen LogP contribution in [0.4, 0.5) is 11.9 Å². The van der Waals surface area contributed by atoms with Gasteiger partial charge in [0.2, 0.25) is 11.9 Å². The Kier molecular flexibility index (Phi) is 4.64. The summed E-state index contributed by atoms with van der Waals surface area (Å²) >= 11 is 0. The molecule has 0 bridgehead atoms. The van der Waals surface area contributed by atoms with E-state index in [4.69, 9.17) is 4.74 Å². The van der Waals surface area contributed by atoms with Crippen LogP contribution in [0.15, 0.2) is 6.33 Å². The second-order valence-electron chi connectivity index (χ2n) is 3.92. The molecule has 0 fully saturated rings. The first kappa shape index (κ1) is 14.0. The van der Waals surface area contributed by atoms with E-state index in [9.17, 15) is 0 Å². The Hall–Kier alpha value is -2.45. The second-order valence-corrected chi connectivity index (χ2v) is 3.92. The number of rotatable bonds is 7. The van der Waals surface area contributed by atoms with Crippen molar-refractivity contribution in [1.82, 2.24) is 29.7 Å². The number of hydrogen-bond acceptors (Lipinski definition) is 8. The highest BCUT2D eigenvalue weighted by molar-refractivity contribution is 5.35. The molecule has 0 radical (unpaired) electrons. The van der Waals surface area contributed by atoms with Crippen molar-refractivity contribution in [2.75, 3.05) is 23.8 Å². The van der Waals surface area contributed by atoms with Crippen LogP contribution in [0, 0.1) is 0 Å². The van der Waals surface area contributed by atoms with E-state index in [2.05, 4.69) is 35.7 Å². The van der Waals surface area contributed by atoms with Crippen LogP contribution in [-0.4, -0.2) is 42.9 Å². The summed E-state index contributed by atoms with van der Waals surface area (Å²) in [6.07, 6.45) is 1.64. The molecule has 0 spiro atoms. The molecule has 0 unspecified atom stereocenters. The number of nitrogens with zero attached hydrogens (tertiary/aromatic N) is 6. The van der Waals surface area contributed by atoms with E-state index in [1.807, 2.05) is 20.9 Å². The largest absolute Gasteiger partial charge is 0.464 e. The Morgan fingerprint density at radius 3 is 2.50 bits per heavy atom. The van der Waals surface area contributed by atoms with Gasteiger partial charge in [-0.25, -0.2) is 4.98 Å². The summed E-state index contributed by atoms with van der Waals surface area (Å²) in [6.45, 7) is 5.49. The molecule has 2 aromatic rings. The summed E-state index contributed by atoms with van der Waals surface area (Å²) in [4.78, 5) is 16.7. The fourth-order valence-corrected chi connectivity index (χ4v) is 1.49. The van der Waals surface area contributed by atoms with Crippen LogP contribution in [-0.2, 0) is 13.6 Å². The van der Waals surface area contributed by atoms with E-state index in [0.29, 0.717) is 30.9 Å². The standard InChI is InChI=1S/C11H18N8O/c1-4-12-9-15-10(17-11(16-9)20-5-2)13-6-8-14-7-19(3)18-8/h7H,4-6H2,1-3H3,(H2,12,13,15,16,17). The Morgan fingerprint density at radius 2 is 1.90 bits per heavy atom. The predicted octanol–water partition coefficient (Wildman–Crippen LogP) is 0.443. The van der Waals surface area contributed by atoms with Gasteiger partial charge in [-0.2, -0.15) is 20.1 Å². The smallest absolute Gasteiger partial charge is 0.323 e. The van der Waals surface area contributed by atoms with Crippen LogP contribution < -0.4 is 15.4 Å². The first-order chi connectivity index (χ1) is 9.71. The van der Waals surface area contributed by atoms with Gasteiger partial charge in [0.1, 0.15) is 6.33 Å². The molecule has 20 heavy (non-hydrogen) atoms. The summed E-state index contributed by atoms with van der Waals surface area (Å²) in [5, 5.41) is 10.3. The van der Waals surface area contributed by atoms with Crippen molar-refractivity contribution in [3.05, 3.63) is 12.2 Å². The fraction of sp³-hybridized carbons (Fsp3) is 0.545. The zero-order valence-electron chi connectivity index (χ0n) is 11.8. The lowest BCUT2D eigenvalue weighted by Crippen LogP contribution is -2.11. The van der Waals surface area contributed by atoms with Gasteiger partial charge in [0, 0.05) is 13.6 Å². The number of ether oxygens (including phenoxy) is 1. The fourth-order valence-electron chi connectivity index (χ4n) is 1.49. The zero-order valence-corrected chi connectivity index (χ0v) is 11.8. The molecule has 0 atom stereocenters. The quantitative estimate of drug-likeness (QED) is 0.752. The van der Waals surface area contributed by atoms with Crippen molar-refractivity contribution in [1.29, 1.82) is 0 Å². The molecular weight excluding hydrogens is 260 g/mol. The lowest BCUT2D eigenvalue weighted by atomic mass is 10.6. The van der Waals surface area contributed by atoms with Gasteiger partial charge in [0.15, 0.2) is 5.82 Å². The molecule has 9 nitrogen and oxygen atoms in total. The summed E-state index contributed by atoms with van der Waals surface area (Å²) in [5.74, 6) is 1.56. The summed E-state index contributed by atoms with van der Waals surface area (Å²) in [5.41, 5.74) is 0. The average Bonchev–Trinajstić information content (AvgIpc) is 2.83. The highest BCUT2D eigenvalue weighted by atomic mass is 16.5. The Morgan fingerprint density at radius 1 is 1.15 bits per heavy atom. The molecular formula is C11H18N8O. The molecule has 0 saturated carbocycles. The van der Waals surface area contributed by atoms with Gasteiger partial charge in [-0.05, 0) is 13.8 Å². The molecule has 108 valence electrons. The minimum Gasteiger partial charge on any atom is -0.464 e. The molecule has 0 saturated heterocycles. The Bertz CT molecular complexity index is 531.